The summed E-state index contributed by atoms with van der Waals surface area (Å²) in [5.74, 6) is 0.0535. The molecule has 0 aliphatic rings. The highest BCUT2D eigenvalue weighted by Crippen LogP contribution is 2.17. The van der Waals surface area contributed by atoms with Crippen molar-refractivity contribution in [1.82, 2.24) is 4.57 Å². The molecule has 0 saturated carbocycles. The summed E-state index contributed by atoms with van der Waals surface area (Å²) in [5, 5.41) is 13.2. The number of aromatic nitrogens is 1. The summed E-state index contributed by atoms with van der Waals surface area (Å²) in [6.45, 7) is 2.41. The van der Waals surface area contributed by atoms with Crippen molar-refractivity contribution in [1.29, 1.82) is 5.26 Å². The van der Waals surface area contributed by atoms with E-state index in [0.29, 0.717) is 38.8 Å². The third-order valence-corrected chi connectivity index (χ3v) is 6.44. The first-order chi connectivity index (χ1) is 17.0. The maximum atomic E-state index is 13.4. The van der Waals surface area contributed by atoms with Crippen molar-refractivity contribution in [2.24, 2.45) is 0 Å². The fraction of sp³-hybridized carbons (Fsp3) is 0.0741. The topological polar surface area (TPSA) is 84.1 Å². The number of para-hydroxylation sites is 1. The first-order valence-corrected chi connectivity index (χ1v) is 11.9. The Morgan fingerprint density at radius 2 is 1.77 bits per heavy atom. The van der Waals surface area contributed by atoms with Crippen LogP contribution in [0, 0.1) is 11.3 Å². The average Bonchev–Trinajstić information content (AvgIpc) is 3.18. The highest BCUT2D eigenvalue weighted by atomic mass is 35.5. The van der Waals surface area contributed by atoms with Crippen LogP contribution in [0.15, 0.2) is 83.7 Å². The van der Waals surface area contributed by atoms with Crippen LogP contribution in [-0.4, -0.2) is 17.1 Å². The molecule has 4 aromatic rings. The Hall–Kier alpha value is -4.12. The lowest BCUT2D eigenvalue weighted by atomic mass is 10.2. The van der Waals surface area contributed by atoms with E-state index < -0.39 is 5.91 Å². The highest BCUT2D eigenvalue weighted by Gasteiger charge is 2.17. The van der Waals surface area contributed by atoms with E-state index in [-0.39, 0.29) is 15.8 Å². The van der Waals surface area contributed by atoms with E-state index in [2.05, 4.69) is 5.32 Å². The van der Waals surface area contributed by atoms with Gasteiger partial charge in [0, 0.05) is 10.7 Å². The lowest BCUT2D eigenvalue weighted by Crippen LogP contribution is -2.32. The third kappa shape index (κ3) is 5.35. The fourth-order valence-electron chi connectivity index (χ4n) is 3.39. The van der Waals surface area contributed by atoms with Gasteiger partial charge in [-0.2, -0.15) is 5.26 Å². The molecule has 0 fully saturated rings. The molecule has 3 aromatic carbocycles. The molecule has 1 aromatic heterocycles. The molecular formula is C27H20ClN3O3S. The quantitative estimate of drug-likeness (QED) is 0.431. The number of nitrogens with one attached hydrogen (secondary N) is 1. The number of benzene rings is 3. The van der Waals surface area contributed by atoms with Gasteiger partial charge in [0.2, 0.25) is 0 Å². The number of amides is 1. The number of anilines is 1. The fourth-order valence-corrected chi connectivity index (χ4v) is 4.67. The van der Waals surface area contributed by atoms with E-state index in [1.54, 1.807) is 72.8 Å². The molecule has 0 atom stereocenters. The van der Waals surface area contributed by atoms with E-state index in [0.717, 1.165) is 11.3 Å². The lowest BCUT2D eigenvalue weighted by Gasteiger charge is -2.07. The number of nitriles is 1. The molecular weight excluding hydrogens is 482 g/mol. The Morgan fingerprint density at radius 1 is 1.09 bits per heavy atom. The van der Waals surface area contributed by atoms with Gasteiger partial charge < -0.3 is 10.1 Å². The number of carbonyl (C=O) groups excluding carboxylic acids is 1. The molecule has 6 nitrogen and oxygen atoms in total. The SMILES string of the molecule is CCOc1ccc(NC(=O)C(C#N)=c2sc(=Cc3ccccc3Cl)c(=O)n2-c2ccccc2)cc1. The molecule has 35 heavy (non-hydrogen) atoms. The van der Waals surface area contributed by atoms with Crippen LogP contribution in [0.4, 0.5) is 5.69 Å². The molecule has 174 valence electrons. The maximum Gasteiger partial charge on any atom is 0.273 e. The molecule has 0 saturated heterocycles. The average molecular weight is 502 g/mol. The van der Waals surface area contributed by atoms with Crippen molar-refractivity contribution in [3.05, 3.63) is 109 Å². The zero-order valence-corrected chi connectivity index (χ0v) is 20.3. The molecule has 0 spiro atoms. The minimum absolute atomic E-state index is 0.177. The van der Waals surface area contributed by atoms with Crippen molar-refractivity contribution in [3.63, 3.8) is 0 Å². The Bertz CT molecular complexity index is 1580. The van der Waals surface area contributed by atoms with Crippen molar-refractivity contribution in [3.8, 4) is 17.5 Å². The molecule has 8 heteroatoms. The standard InChI is InChI=1S/C27H20ClN3O3S/c1-2-34-21-14-12-19(13-15-21)30-25(32)22(17-29)27-31(20-9-4-3-5-10-20)26(33)24(35-27)16-18-8-6-7-11-23(18)28/h3-16H,2H2,1H3,(H,30,32). The largest absolute Gasteiger partial charge is 0.494 e. The Balaban J connectivity index is 1.88. The van der Waals surface area contributed by atoms with Crippen molar-refractivity contribution < 1.29 is 9.53 Å². The second kappa shape index (κ2) is 10.9. The van der Waals surface area contributed by atoms with Crippen LogP contribution in [0.25, 0.3) is 17.3 Å². The van der Waals surface area contributed by atoms with Gasteiger partial charge in [-0.15, -0.1) is 11.3 Å². The molecule has 0 aliphatic heterocycles. The zero-order chi connectivity index (χ0) is 24.8. The predicted octanol–water partition coefficient (Wildman–Crippen LogP) is 4.09. The van der Waals surface area contributed by atoms with E-state index >= 15 is 0 Å². The molecule has 1 N–H and O–H groups in total. The number of hydrogen-bond acceptors (Lipinski definition) is 5. The van der Waals surface area contributed by atoms with Crippen LogP contribution < -0.4 is 24.8 Å². The second-order valence-corrected chi connectivity index (χ2v) is 8.75. The van der Waals surface area contributed by atoms with Gasteiger partial charge in [0.1, 0.15) is 16.5 Å². The summed E-state index contributed by atoms with van der Waals surface area (Å²) >= 11 is 7.35. The smallest absolute Gasteiger partial charge is 0.273 e. The van der Waals surface area contributed by atoms with Crippen molar-refractivity contribution in [2.75, 3.05) is 11.9 Å². The van der Waals surface area contributed by atoms with Gasteiger partial charge in [-0.1, -0.05) is 48.0 Å². The van der Waals surface area contributed by atoms with Gasteiger partial charge in [-0.25, -0.2) is 0 Å². The normalized spacial score (nSPS) is 12.1. The predicted molar refractivity (Wildman–Crippen MR) is 139 cm³/mol. The summed E-state index contributed by atoms with van der Waals surface area (Å²) in [7, 11) is 0. The van der Waals surface area contributed by atoms with Gasteiger partial charge >= 0.3 is 0 Å². The summed E-state index contributed by atoms with van der Waals surface area (Å²) in [6, 6.07) is 24.8. The van der Waals surface area contributed by atoms with E-state index in [1.165, 1.54) is 4.57 Å². The third-order valence-electron chi connectivity index (χ3n) is 5.01. The van der Waals surface area contributed by atoms with E-state index in [4.69, 9.17) is 16.3 Å². The summed E-state index contributed by atoms with van der Waals surface area (Å²) < 4.78 is 7.37. The van der Waals surface area contributed by atoms with Crippen molar-refractivity contribution in [2.45, 2.75) is 6.92 Å². The highest BCUT2D eigenvalue weighted by molar-refractivity contribution is 7.07. The number of carbonyl (C=O) groups is 1. The molecule has 0 unspecified atom stereocenters. The van der Waals surface area contributed by atoms with E-state index in [1.807, 2.05) is 25.1 Å². The first kappa shape index (κ1) is 24.0. The lowest BCUT2D eigenvalue weighted by molar-refractivity contribution is -0.111. The van der Waals surface area contributed by atoms with Gasteiger partial charge in [-0.3, -0.25) is 14.2 Å². The van der Waals surface area contributed by atoms with Gasteiger partial charge in [-0.05, 0) is 61.0 Å². The van der Waals surface area contributed by atoms with Crippen LogP contribution >= 0.6 is 22.9 Å². The molecule has 0 aliphatic carbocycles. The Morgan fingerprint density at radius 3 is 2.43 bits per heavy atom. The monoisotopic (exact) mass is 501 g/mol. The first-order valence-electron chi connectivity index (χ1n) is 10.7. The number of rotatable bonds is 6. The molecule has 0 radical (unpaired) electrons. The van der Waals surface area contributed by atoms with Crippen molar-refractivity contribution >= 4 is 46.2 Å². The summed E-state index contributed by atoms with van der Waals surface area (Å²) in [5.41, 5.74) is 1.18. The van der Waals surface area contributed by atoms with Gasteiger partial charge in [0.05, 0.1) is 16.8 Å². The minimum atomic E-state index is -0.619. The van der Waals surface area contributed by atoms with Crippen LogP contribution in [0.1, 0.15) is 12.5 Å². The Labute approximate surface area is 210 Å². The number of nitrogens with zero attached hydrogens (tertiary/aromatic N) is 2. The van der Waals surface area contributed by atoms with Crippen LogP contribution in [0.3, 0.4) is 0 Å². The van der Waals surface area contributed by atoms with E-state index in [9.17, 15) is 14.9 Å². The molecule has 4 rings (SSSR count). The number of halogens is 1. The Kier molecular flexibility index (Phi) is 7.46. The van der Waals surface area contributed by atoms with Gasteiger partial charge in [0.15, 0.2) is 5.57 Å². The number of thiazole rings is 1. The number of ether oxygens (including phenoxy) is 1. The second-order valence-electron chi connectivity index (χ2n) is 7.31. The summed E-state index contributed by atoms with van der Waals surface area (Å²) in [4.78, 5) is 26.6. The molecule has 1 heterocycles. The maximum absolute atomic E-state index is 13.4. The molecule has 1 amide bonds. The van der Waals surface area contributed by atoms with Crippen LogP contribution in [0.2, 0.25) is 5.02 Å². The van der Waals surface area contributed by atoms with Crippen LogP contribution in [-0.2, 0) is 4.79 Å². The van der Waals surface area contributed by atoms with Crippen LogP contribution in [0.5, 0.6) is 5.75 Å². The van der Waals surface area contributed by atoms with Gasteiger partial charge in [0.25, 0.3) is 11.5 Å². The zero-order valence-electron chi connectivity index (χ0n) is 18.7. The summed E-state index contributed by atoms with van der Waals surface area (Å²) in [6.07, 6.45) is 1.66. The molecule has 0 bridgehead atoms. The number of hydrogen-bond donors (Lipinski definition) is 1. The minimum Gasteiger partial charge on any atom is -0.494 e.